The van der Waals surface area contributed by atoms with Crippen LogP contribution in [0.1, 0.15) is 0 Å². The summed E-state index contributed by atoms with van der Waals surface area (Å²) in [5, 5.41) is 5.95. The molecule has 1 aromatic heterocycles. The first-order valence-electron chi connectivity index (χ1n) is 3.53. The smallest absolute Gasteiger partial charge is 0.337 e. The first-order valence-corrected chi connectivity index (χ1v) is 4.41. The van der Waals surface area contributed by atoms with Crippen LogP contribution < -0.4 is 5.32 Å². The lowest BCUT2D eigenvalue weighted by atomic mass is 10.3. The van der Waals surface area contributed by atoms with Gasteiger partial charge in [-0.05, 0) is 23.6 Å². The lowest BCUT2D eigenvalue weighted by molar-refractivity contribution is -0.136. The number of nitrogens with one attached hydrogen (secondary N) is 1. The fourth-order valence-corrected chi connectivity index (χ4v) is 1.61. The number of hydrogen-bond donors (Lipinski definition) is 1. The Labute approximate surface area is 73.7 Å². The number of rotatable bonds is 2. The number of cyclic esters (lactones) is 1. The van der Waals surface area contributed by atoms with Crippen LogP contribution in [0.25, 0.3) is 0 Å². The van der Waals surface area contributed by atoms with E-state index < -0.39 is 0 Å². The molecule has 1 unspecified atom stereocenters. The van der Waals surface area contributed by atoms with Crippen molar-refractivity contribution in [3.05, 3.63) is 29.9 Å². The van der Waals surface area contributed by atoms with Crippen molar-refractivity contribution in [1.82, 2.24) is 0 Å². The SMILES string of the molecule is O=C1OC=CC1Nc1cccs1. The summed E-state index contributed by atoms with van der Waals surface area (Å²) in [6.07, 6.45) is 3.11. The van der Waals surface area contributed by atoms with E-state index in [1.807, 2.05) is 17.5 Å². The van der Waals surface area contributed by atoms with E-state index >= 15 is 0 Å². The van der Waals surface area contributed by atoms with E-state index in [2.05, 4.69) is 10.1 Å². The minimum absolute atomic E-state index is 0.247. The molecule has 1 N–H and O–H groups in total. The second kappa shape index (κ2) is 2.98. The van der Waals surface area contributed by atoms with Crippen molar-refractivity contribution in [1.29, 1.82) is 0 Å². The Morgan fingerprint density at radius 2 is 2.50 bits per heavy atom. The van der Waals surface area contributed by atoms with Gasteiger partial charge in [-0.1, -0.05) is 0 Å². The minimum atomic E-state index is -0.316. The zero-order valence-corrected chi connectivity index (χ0v) is 7.01. The molecule has 1 atom stereocenters. The first kappa shape index (κ1) is 7.36. The van der Waals surface area contributed by atoms with Gasteiger partial charge in [-0.15, -0.1) is 11.3 Å². The minimum Gasteiger partial charge on any atom is -0.433 e. The fraction of sp³-hybridized carbons (Fsp3) is 0.125. The monoisotopic (exact) mass is 181 g/mol. The standard InChI is InChI=1S/C8H7NO2S/c10-8-6(3-4-11-8)9-7-2-1-5-12-7/h1-6,9H. The van der Waals surface area contributed by atoms with Gasteiger partial charge in [0, 0.05) is 0 Å². The molecule has 1 aliphatic rings. The summed E-state index contributed by atoms with van der Waals surface area (Å²) in [5.41, 5.74) is 0. The number of esters is 1. The molecule has 3 nitrogen and oxygen atoms in total. The summed E-state index contributed by atoms with van der Waals surface area (Å²) in [6.45, 7) is 0. The Bertz CT molecular complexity index is 305. The number of thiophene rings is 1. The zero-order valence-electron chi connectivity index (χ0n) is 6.19. The summed E-state index contributed by atoms with van der Waals surface area (Å²) in [5.74, 6) is -0.247. The molecule has 0 radical (unpaired) electrons. The van der Waals surface area contributed by atoms with E-state index in [9.17, 15) is 4.79 Å². The number of anilines is 1. The maximum Gasteiger partial charge on any atom is 0.337 e. The maximum absolute atomic E-state index is 11.0. The molecule has 0 fully saturated rings. The lowest BCUT2D eigenvalue weighted by Gasteiger charge is -2.05. The van der Waals surface area contributed by atoms with Gasteiger partial charge >= 0.3 is 5.97 Å². The van der Waals surface area contributed by atoms with Crippen LogP contribution in [0.2, 0.25) is 0 Å². The molecule has 4 heteroatoms. The molecule has 0 bridgehead atoms. The van der Waals surface area contributed by atoms with Crippen molar-refractivity contribution >= 4 is 22.3 Å². The topological polar surface area (TPSA) is 38.3 Å². The predicted octanol–water partition coefficient (Wildman–Crippen LogP) is 1.60. The molecule has 2 rings (SSSR count). The molecule has 0 amide bonds. The van der Waals surface area contributed by atoms with Crippen LogP contribution in [0.5, 0.6) is 0 Å². The van der Waals surface area contributed by atoms with Gasteiger partial charge in [0.1, 0.15) is 6.04 Å². The van der Waals surface area contributed by atoms with Crippen molar-refractivity contribution in [3.63, 3.8) is 0 Å². The molecule has 12 heavy (non-hydrogen) atoms. The largest absolute Gasteiger partial charge is 0.433 e. The highest BCUT2D eigenvalue weighted by Gasteiger charge is 2.21. The summed E-state index contributed by atoms with van der Waals surface area (Å²) in [6, 6.07) is 3.53. The quantitative estimate of drug-likeness (QED) is 0.704. The summed E-state index contributed by atoms with van der Waals surface area (Å²) in [7, 11) is 0. The number of carbonyl (C=O) groups excluding carboxylic acids is 1. The second-order valence-corrected chi connectivity index (χ2v) is 3.31. The van der Waals surface area contributed by atoms with Crippen LogP contribution in [-0.2, 0) is 9.53 Å². The summed E-state index contributed by atoms with van der Waals surface area (Å²) in [4.78, 5) is 11.0. The van der Waals surface area contributed by atoms with Crippen LogP contribution in [0, 0.1) is 0 Å². The van der Waals surface area contributed by atoms with E-state index in [0.717, 1.165) is 5.00 Å². The normalized spacial score (nSPS) is 21.0. The number of carbonyl (C=O) groups is 1. The lowest BCUT2D eigenvalue weighted by Crippen LogP contribution is -2.23. The molecule has 0 spiro atoms. The highest BCUT2D eigenvalue weighted by molar-refractivity contribution is 7.14. The Kier molecular flexibility index (Phi) is 1.83. The van der Waals surface area contributed by atoms with Crippen LogP contribution in [0.3, 0.4) is 0 Å². The molecular formula is C8H7NO2S. The zero-order chi connectivity index (χ0) is 8.39. The summed E-state index contributed by atoms with van der Waals surface area (Å²) < 4.78 is 4.64. The summed E-state index contributed by atoms with van der Waals surface area (Å²) >= 11 is 1.56. The van der Waals surface area contributed by atoms with Gasteiger partial charge in [-0.25, -0.2) is 4.79 Å². The van der Waals surface area contributed by atoms with E-state index in [0.29, 0.717) is 0 Å². The van der Waals surface area contributed by atoms with Gasteiger partial charge in [-0.3, -0.25) is 0 Å². The third-order valence-electron chi connectivity index (χ3n) is 1.53. The Morgan fingerprint density at radius 3 is 3.08 bits per heavy atom. The van der Waals surface area contributed by atoms with Crippen LogP contribution in [-0.4, -0.2) is 12.0 Å². The van der Waals surface area contributed by atoms with Gasteiger partial charge in [0.15, 0.2) is 0 Å². The molecule has 0 aromatic carbocycles. The average Bonchev–Trinajstić information content (AvgIpc) is 2.65. The molecule has 62 valence electrons. The molecular weight excluding hydrogens is 174 g/mol. The van der Waals surface area contributed by atoms with E-state index in [1.165, 1.54) is 6.26 Å². The number of hydrogen-bond acceptors (Lipinski definition) is 4. The van der Waals surface area contributed by atoms with Gasteiger partial charge in [0.05, 0.1) is 11.3 Å². The van der Waals surface area contributed by atoms with Crippen molar-refractivity contribution in [2.24, 2.45) is 0 Å². The van der Waals surface area contributed by atoms with Crippen LogP contribution >= 0.6 is 11.3 Å². The molecule has 1 aromatic rings. The van der Waals surface area contributed by atoms with Crippen molar-refractivity contribution in [3.8, 4) is 0 Å². The highest BCUT2D eigenvalue weighted by atomic mass is 32.1. The molecule has 2 heterocycles. The number of ether oxygens (including phenoxy) is 1. The molecule has 1 aliphatic heterocycles. The Hall–Kier alpha value is -1.29. The van der Waals surface area contributed by atoms with E-state index in [1.54, 1.807) is 17.4 Å². The third kappa shape index (κ3) is 1.33. The molecule has 0 aliphatic carbocycles. The Morgan fingerprint density at radius 1 is 1.58 bits per heavy atom. The molecule has 0 saturated carbocycles. The second-order valence-electron chi connectivity index (χ2n) is 2.36. The van der Waals surface area contributed by atoms with Crippen LogP contribution in [0.4, 0.5) is 5.00 Å². The first-order chi connectivity index (χ1) is 5.86. The maximum atomic E-state index is 11.0. The van der Waals surface area contributed by atoms with Crippen molar-refractivity contribution in [2.45, 2.75) is 6.04 Å². The average molecular weight is 181 g/mol. The van der Waals surface area contributed by atoms with Gasteiger partial charge < -0.3 is 10.1 Å². The highest BCUT2D eigenvalue weighted by Crippen LogP contribution is 2.18. The van der Waals surface area contributed by atoms with Gasteiger partial charge in [0.2, 0.25) is 0 Å². The van der Waals surface area contributed by atoms with Crippen LogP contribution in [0.15, 0.2) is 29.9 Å². The van der Waals surface area contributed by atoms with Gasteiger partial charge in [-0.2, -0.15) is 0 Å². The van der Waals surface area contributed by atoms with Gasteiger partial charge in [0.25, 0.3) is 0 Å². The van der Waals surface area contributed by atoms with Crippen molar-refractivity contribution < 1.29 is 9.53 Å². The van der Waals surface area contributed by atoms with E-state index in [-0.39, 0.29) is 12.0 Å². The van der Waals surface area contributed by atoms with E-state index in [4.69, 9.17) is 0 Å². The van der Waals surface area contributed by atoms with Crippen molar-refractivity contribution in [2.75, 3.05) is 5.32 Å². The third-order valence-corrected chi connectivity index (χ3v) is 2.33. The Balaban J connectivity index is 2.04. The molecule has 0 saturated heterocycles. The predicted molar refractivity (Wildman–Crippen MR) is 47.0 cm³/mol. The fourth-order valence-electron chi connectivity index (χ4n) is 0.958.